The molecule has 0 aromatic carbocycles. The summed E-state index contributed by atoms with van der Waals surface area (Å²) in [4.78, 5) is 1.22. The number of aliphatic hydroxyl groups is 1. The van der Waals surface area contributed by atoms with Crippen molar-refractivity contribution in [3.8, 4) is 0 Å². The SMILES string of the molecule is Cc1occc1SCCCCO. The van der Waals surface area contributed by atoms with Gasteiger partial charge in [-0.15, -0.1) is 11.8 Å². The first-order valence-corrected chi connectivity index (χ1v) is 5.11. The molecule has 0 atom stereocenters. The van der Waals surface area contributed by atoms with Gasteiger partial charge in [0.2, 0.25) is 0 Å². The Morgan fingerprint density at radius 3 is 2.92 bits per heavy atom. The lowest BCUT2D eigenvalue weighted by Gasteiger charge is -1.97. The van der Waals surface area contributed by atoms with Crippen molar-refractivity contribution in [1.29, 1.82) is 0 Å². The highest BCUT2D eigenvalue weighted by Gasteiger charge is 2.00. The van der Waals surface area contributed by atoms with Crippen LogP contribution in [0, 0.1) is 6.92 Å². The number of unbranched alkanes of at least 4 members (excludes halogenated alkanes) is 1. The second-order valence-electron chi connectivity index (χ2n) is 2.62. The van der Waals surface area contributed by atoms with Gasteiger partial charge in [0.25, 0.3) is 0 Å². The monoisotopic (exact) mass is 186 g/mol. The predicted octanol–water partition coefficient (Wildman–Crippen LogP) is 2.45. The van der Waals surface area contributed by atoms with Crippen LogP contribution in [0.25, 0.3) is 0 Å². The maximum absolute atomic E-state index is 8.55. The van der Waals surface area contributed by atoms with Crippen molar-refractivity contribution >= 4 is 11.8 Å². The Hall–Kier alpha value is -0.410. The molecule has 0 unspecified atom stereocenters. The van der Waals surface area contributed by atoms with Gasteiger partial charge in [0.15, 0.2) is 0 Å². The molecule has 1 rings (SSSR count). The molecule has 0 bridgehead atoms. The molecule has 2 nitrogen and oxygen atoms in total. The molecule has 1 aromatic rings. The summed E-state index contributed by atoms with van der Waals surface area (Å²) in [6.07, 6.45) is 3.67. The molecule has 0 aliphatic carbocycles. The van der Waals surface area contributed by atoms with E-state index in [2.05, 4.69) is 0 Å². The topological polar surface area (TPSA) is 33.4 Å². The summed E-state index contributed by atoms with van der Waals surface area (Å²) >= 11 is 1.79. The van der Waals surface area contributed by atoms with Crippen LogP contribution in [0.1, 0.15) is 18.6 Å². The minimum Gasteiger partial charge on any atom is -0.468 e. The fraction of sp³-hybridized carbons (Fsp3) is 0.556. The molecule has 1 N–H and O–H groups in total. The Morgan fingerprint density at radius 2 is 2.33 bits per heavy atom. The fourth-order valence-corrected chi connectivity index (χ4v) is 1.89. The van der Waals surface area contributed by atoms with E-state index >= 15 is 0 Å². The van der Waals surface area contributed by atoms with Gasteiger partial charge in [-0.1, -0.05) is 0 Å². The van der Waals surface area contributed by atoms with Gasteiger partial charge in [-0.25, -0.2) is 0 Å². The van der Waals surface area contributed by atoms with Gasteiger partial charge in [-0.3, -0.25) is 0 Å². The molecule has 0 aliphatic heterocycles. The Labute approximate surface area is 77.0 Å². The summed E-state index contributed by atoms with van der Waals surface area (Å²) < 4.78 is 5.15. The van der Waals surface area contributed by atoms with E-state index in [0.717, 1.165) is 24.4 Å². The van der Waals surface area contributed by atoms with Gasteiger partial charge in [-0.05, 0) is 31.6 Å². The average Bonchev–Trinajstić information content (AvgIpc) is 2.46. The standard InChI is InChI=1S/C9H14O2S/c1-8-9(4-6-11-8)12-7-3-2-5-10/h4,6,10H,2-3,5,7H2,1H3. The zero-order chi connectivity index (χ0) is 8.81. The van der Waals surface area contributed by atoms with Gasteiger partial charge >= 0.3 is 0 Å². The summed E-state index contributed by atoms with van der Waals surface area (Å²) in [5.41, 5.74) is 0. The Balaban J connectivity index is 2.20. The number of aryl methyl sites for hydroxylation is 1. The van der Waals surface area contributed by atoms with Gasteiger partial charge in [0.05, 0.1) is 6.26 Å². The molecule has 68 valence electrons. The van der Waals surface area contributed by atoms with Gasteiger partial charge in [0.1, 0.15) is 5.76 Å². The Morgan fingerprint density at radius 1 is 1.50 bits per heavy atom. The zero-order valence-corrected chi connectivity index (χ0v) is 8.06. The lowest BCUT2D eigenvalue weighted by atomic mass is 10.4. The van der Waals surface area contributed by atoms with Crippen LogP contribution >= 0.6 is 11.8 Å². The van der Waals surface area contributed by atoms with E-state index in [1.54, 1.807) is 18.0 Å². The Kier molecular flexibility index (Phi) is 4.25. The molecular formula is C9H14O2S. The van der Waals surface area contributed by atoms with E-state index in [1.165, 1.54) is 4.90 Å². The van der Waals surface area contributed by atoms with E-state index in [0.29, 0.717) is 6.61 Å². The maximum atomic E-state index is 8.55. The molecule has 0 aliphatic rings. The first-order chi connectivity index (χ1) is 5.84. The lowest BCUT2D eigenvalue weighted by Crippen LogP contribution is -1.85. The first-order valence-electron chi connectivity index (χ1n) is 4.12. The van der Waals surface area contributed by atoms with Crippen LogP contribution in [0.2, 0.25) is 0 Å². The summed E-state index contributed by atoms with van der Waals surface area (Å²) in [5.74, 6) is 2.05. The zero-order valence-electron chi connectivity index (χ0n) is 7.25. The van der Waals surface area contributed by atoms with Crippen molar-refractivity contribution in [2.75, 3.05) is 12.4 Å². The van der Waals surface area contributed by atoms with Gasteiger partial charge in [0, 0.05) is 11.5 Å². The van der Waals surface area contributed by atoms with Gasteiger partial charge < -0.3 is 9.52 Å². The van der Waals surface area contributed by atoms with Gasteiger partial charge in [-0.2, -0.15) is 0 Å². The summed E-state index contributed by atoms with van der Waals surface area (Å²) in [6.45, 7) is 2.26. The molecule has 3 heteroatoms. The highest BCUT2D eigenvalue weighted by Crippen LogP contribution is 2.23. The fourth-order valence-electron chi connectivity index (χ4n) is 0.919. The van der Waals surface area contributed by atoms with E-state index in [-0.39, 0.29) is 0 Å². The molecule has 0 saturated heterocycles. The minimum atomic E-state index is 0.297. The molecular weight excluding hydrogens is 172 g/mol. The number of rotatable bonds is 5. The van der Waals surface area contributed by atoms with E-state index in [1.807, 2.05) is 13.0 Å². The summed E-state index contributed by atoms with van der Waals surface area (Å²) in [7, 11) is 0. The summed E-state index contributed by atoms with van der Waals surface area (Å²) in [6, 6.07) is 1.99. The van der Waals surface area contributed by atoms with E-state index in [4.69, 9.17) is 9.52 Å². The number of aliphatic hydroxyl groups excluding tert-OH is 1. The molecule has 1 heterocycles. The molecule has 0 amide bonds. The number of hydrogen-bond donors (Lipinski definition) is 1. The van der Waals surface area contributed by atoms with Crippen molar-refractivity contribution in [3.63, 3.8) is 0 Å². The highest BCUT2D eigenvalue weighted by atomic mass is 32.2. The Bertz CT molecular complexity index is 220. The number of hydrogen-bond acceptors (Lipinski definition) is 3. The number of thioether (sulfide) groups is 1. The van der Waals surface area contributed by atoms with Crippen molar-refractivity contribution in [3.05, 3.63) is 18.1 Å². The third kappa shape index (κ3) is 2.91. The molecule has 0 spiro atoms. The maximum Gasteiger partial charge on any atom is 0.114 e. The van der Waals surface area contributed by atoms with Crippen LogP contribution in [-0.4, -0.2) is 17.5 Å². The van der Waals surface area contributed by atoms with Crippen molar-refractivity contribution in [2.45, 2.75) is 24.7 Å². The predicted molar refractivity (Wildman–Crippen MR) is 50.5 cm³/mol. The molecule has 12 heavy (non-hydrogen) atoms. The normalized spacial score (nSPS) is 10.5. The van der Waals surface area contributed by atoms with Crippen LogP contribution in [-0.2, 0) is 0 Å². The summed E-state index contributed by atoms with van der Waals surface area (Å²) in [5, 5.41) is 8.55. The second-order valence-corrected chi connectivity index (χ2v) is 3.76. The van der Waals surface area contributed by atoms with Crippen LogP contribution in [0.15, 0.2) is 21.6 Å². The average molecular weight is 186 g/mol. The quantitative estimate of drug-likeness (QED) is 0.566. The van der Waals surface area contributed by atoms with Crippen molar-refractivity contribution in [1.82, 2.24) is 0 Å². The van der Waals surface area contributed by atoms with Crippen molar-refractivity contribution < 1.29 is 9.52 Å². The molecule has 0 fully saturated rings. The highest BCUT2D eigenvalue weighted by molar-refractivity contribution is 7.99. The second kappa shape index (κ2) is 5.27. The largest absolute Gasteiger partial charge is 0.468 e. The first kappa shape index (κ1) is 9.68. The van der Waals surface area contributed by atoms with E-state index in [9.17, 15) is 0 Å². The lowest BCUT2D eigenvalue weighted by molar-refractivity contribution is 0.287. The molecule has 0 radical (unpaired) electrons. The van der Waals surface area contributed by atoms with Crippen LogP contribution < -0.4 is 0 Å². The smallest absolute Gasteiger partial charge is 0.114 e. The number of furan rings is 1. The van der Waals surface area contributed by atoms with E-state index < -0.39 is 0 Å². The van der Waals surface area contributed by atoms with Crippen molar-refractivity contribution in [2.24, 2.45) is 0 Å². The van der Waals surface area contributed by atoms with Crippen LogP contribution in [0.3, 0.4) is 0 Å². The minimum absolute atomic E-state index is 0.297. The third-order valence-electron chi connectivity index (χ3n) is 1.62. The molecule has 1 aromatic heterocycles. The molecule has 0 saturated carbocycles. The van der Waals surface area contributed by atoms with Crippen LogP contribution in [0.4, 0.5) is 0 Å². The third-order valence-corrected chi connectivity index (χ3v) is 2.85. The van der Waals surface area contributed by atoms with Crippen LogP contribution in [0.5, 0.6) is 0 Å².